The molecule has 98 valence electrons. The minimum absolute atomic E-state index is 0.914. The molecule has 0 spiro atoms. The lowest BCUT2D eigenvalue weighted by Crippen LogP contribution is -2.35. The van der Waals surface area contributed by atoms with Crippen LogP contribution in [0.2, 0.25) is 0 Å². The van der Waals surface area contributed by atoms with E-state index in [0.717, 1.165) is 36.8 Å². The van der Waals surface area contributed by atoms with Gasteiger partial charge in [-0.25, -0.2) is 9.97 Å². The summed E-state index contributed by atoms with van der Waals surface area (Å²) in [6.07, 6.45) is 10.7. The molecule has 0 radical (unpaired) electrons. The molecule has 0 amide bonds. The standard InChI is InChI=1S/C15H23N3/c1-2-4-13-11-14(13)12-5-9-18(10-6-12)15-16-7-3-8-17-15/h3,7-8,12-14H,2,4-6,9-11H2,1H3. The minimum Gasteiger partial charge on any atom is -0.341 e. The summed E-state index contributed by atoms with van der Waals surface area (Å²) in [5, 5.41) is 0. The van der Waals surface area contributed by atoms with Gasteiger partial charge in [-0.2, -0.15) is 0 Å². The molecule has 2 fully saturated rings. The Kier molecular flexibility index (Phi) is 3.48. The van der Waals surface area contributed by atoms with E-state index in [-0.39, 0.29) is 0 Å². The van der Waals surface area contributed by atoms with Crippen LogP contribution in [0.25, 0.3) is 0 Å². The first-order chi connectivity index (χ1) is 8.88. The summed E-state index contributed by atoms with van der Waals surface area (Å²) in [6, 6.07) is 1.88. The van der Waals surface area contributed by atoms with E-state index < -0.39 is 0 Å². The molecular formula is C15H23N3. The fourth-order valence-electron chi connectivity index (χ4n) is 3.53. The largest absolute Gasteiger partial charge is 0.341 e. The molecule has 1 aliphatic heterocycles. The molecule has 3 nitrogen and oxygen atoms in total. The number of aromatic nitrogens is 2. The number of piperidine rings is 1. The molecule has 3 heteroatoms. The fraction of sp³-hybridized carbons (Fsp3) is 0.733. The molecule has 0 bridgehead atoms. The van der Waals surface area contributed by atoms with Crippen LogP contribution < -0.4 is 4.90 Å². The Bertz CT molecular complexity index is 371. The van der Waals surface area contributed by atoms with E-state index in [1.54, 1.807) is 0 Å². The van der Waals surface area contributed by atoms with Crippen LogP contribution >= 0.6 is 0 Å². The molecule has 0 aromatic carbocycles. The van der Waals surface area contributed by atoms with Crippen molar-refractivity contribution in [3.8, 4) is 0 Å². The van der Waals surface area contributed by atoms with Crippen LogP contribution in [0, 0.1) is 17.8 Å². The Labute approximate surface area is 110 Å². The molecule has 3 rings (SSSR count). The molecular weight excluding hydrogens is 222 g/mol. The Morgan fingerprint density at radius 3 is 2.61 bits per heavy atom. The van der Waals surface area contributed by atoms with Crippen molar-refractivity contribution < 1.29 is 0 Å². The predicted octanol–water partition coefficient (Wildman–Crippen LogP) is 3.13. The van der Waals surface area contributed by atoms with Crippen molar-refractivity contribution >= 4 is 5.95 Å². The van der Waals surface area contributed by atoms with Gasteiger partial charge >= 0.3 is 0 Å². The van der Waals surface area contributed by atoms with Gasteiger partial charge in [0.2, 0.25) is 5.95 Å². The molecule has 2 heterocycles. The van der Waals surface area contributed by atoms with Gasteiger partial charge in [0, 0.05) is 25.5 Å². The number of anilines is 1. The second kappa shape index (κ2) is 5.25. The molecule has 0 N–H and O–H groups in total. The summed E-state index contributed by atoms with van der Waals surface area (Å²) in [5.41, 5.74) is 0. The van der Waals surface area contributed by atoms with Crippen molar-refractivity contribution in [1.82, 2.24) is 9.97 Å². The summed E-state index contributed by atoms with van der Waals surface area (Å²) in [4.78, 5) is 11.0. The Morgan fingerprint density at radius 2 is 1.94 bits per heavy atom. The van der Waals surface area contributed by atoms with Crippen molar-refractivity contribution in [1.29, 1.82) is 0 Å². The third-order valence-corrected chi connectivity index (χ3v) is 4.62. The number of rotatable bonds is 4. The predicted molar refractivity (Wildman–Crippen MR) is 73.5 cm³/mol. The molecule has 1 aromatic heterocycles. The van der Waals surface area contributed by atoms with Crippen LogP contribution in [0.3, 0.4) is 0 Å². The normalized spacial score (nSPS) is 28.4. The quantitative estimate of drug-likeness (QED) is 0.816. The first-order valence-electron chi connectivity index (χ1n) is 7.40. The van der Waals surface area contributed by atoms with Gasteiger partial charge in [-0.05, 0) is 43.1 Å². The maximum atomic E-state index is 4.35. The highest BCUT2D eigenvalue weighted by molar-refractivity contribution is 5.29. The Morgan fingerprint density at radius 1 is 1.22 bits per heavy atom. The van der Waals surface area contributed by atoms with E-state index in [2.05, 4.69) is 21.8 Å². The minimum atomic E-state index is 0.914. The average Bonchev–Trinajstić information content (AvgIpc) is 3.20. The summed E-state index contributed by atoms with van der Waals surface area (Å²) in [5.74, 6) is 3.99. The van der Waals surface area contributed by atoms with Crippen LogP contribution in [0.4, 0.5) is 5.95 Å². The van der Waals surface area contributed by atoms with Crippen LogP contribution in [0.5, 0.6) is 0 Å². The molecule has 18 heavy (non-hydrogen) atoms. The van der Waals surface area contributed by atoms with Crippen LogP contribution in [-0.4, -0.2) is 23.1 Å². The summed E-state index contributed by atoms with van der Waals surface area (Å²) in [7, 11) is 0. The smallest absolute Gasteiger partial charge is 0.225 e. The zero-order valence-corrected chi connectivity index (χ0v) is 11.3. The molecule has 1 saturated heterocycles. The molecule has 1 saturated carbocycles. The van der Waals surface area contributed by atoms with Crippen LogP contribution in [-0.2, 0) is 0 Å². The van der Waals surface area contributed by atoms with Gasteiger partial charge in [-0.15, -0.1) is 0 Å². The van der Waals surface area contributed by atoms with E-state index in [9.17, 15) is 0 Å². The van der Waals surface area contributed by atoms with E-state index in [1.807, 2.05) is 18.5 Å². The zero-order chi connectivity index (χ0) is 12.4. The van der Waals surface area contributed by atoms with Crippen molar-refractivity contribution in [2.75, 3.05) is 18.0 Å². The summed E-state index contributed by atoms with van der Waals surface area (Å²) < 4.78 is 0. The third-order valence-electron chi connectivity index (χ3n) is 4.62. The van der Waals surface area contributed by atoms with Crippen LogP contribution in [0.15, 0.2) is 18.5 Å². The average molecular weight is 245 g/mol. The van der Waals surface area contributed by atoms with Crippen molar-refractivity contribution in [2.24, 2.45) is 17.8 Å². The van der Waals surface area contributed by atoms with E-state index in [1.165, 1.54) is 32.1 Å². The van der Waals surface area contributed by atoms with Crippen molar-refractivity contribution in [3.05, 3.63) is 18.5 Å². The molecule has 1 aromatic rings. The first kappa shape index (κ1) is 11.9. The molecule has 1 aliphatic carbocycles. The van der Waals surface area contributed by atoms with E-state index in [4.69, 9.17) is 0 Å². The van der Waals surface area contributed by atoms with Crippen LogP contribution in [0.1, 0.15) is 39.0 Å². The maximum Gasteiger partial charge on any atom is 0.225 e. The fourth-order valence-corrected chi connectivity index (χ4v) is 3.53. The maximum absolute atomic E-state index is 4.35. The highest BCUT2D eigenvalue weighted by Gasteiger charge is 2.42. The van der Waals surface area contributed by atoms with Gasteiger partial charge in [-0.1, -0.05) is 19.8 Å². The molecule has 2 atom stereocenters. The Hall–Kier alpha value is -1.12. The van der Waals surface area contributed by atoms with Gasteiger partial charge in [0.05, 0.1) is 0 Å². The van der Waals surface area contributed by atoms with Crippen molar-refractivity contribution in [2.45, 2.75) is 39.0 Å². The number of hydrogen-bond acceptors (Lipinski definition) is 3. The van der Waals surface area contributed by atoms with Gasteiger partial charge in [-0.3, -0.25) is 0 Å². The molecule has 2 unspecified atom stereocenters. The topological polar surface area (TPSA) is 29.0 Å². The highest BCUT2D eigenvalue weighted by atomic mass is 15.2. The summed E-state index contributed by atoms with van der Waals surface area (Å²) >= 11 is 0. The lowest BCUT2D eigenvalue weighted by Gasteiger charge is -2.32. The lowest BCUT2D eigenvalue weighted by atomic mass is 9.90. The second-order valence-corrected chi connectivity index (χ2v) is 5.82. The van der Waals surface area contributed by atoms with Gasteiger partial charge in [0.15, 0.2) is 0 Å². The highest BCUT2D eigenvalue weighted by Crippen LogP contribution is 2.50. The van der Waals surface area contributed by atoms with Gasteiger partial charge in [0.25, 0.3) is 0 Å². The first-order valence-corrected chi connectivity index (χ1v) is 7.40. The lowest BCUT2D eigenvalue weighted by molar-refractivity contribution is 0.341. The second-order valence-electron chi connectivity index (χ2n) is 5.82. The Balaban J connectivity index is 1.50. The monoisotopic (exact) mass is 245 g/mol. The van der Waals surface area contributed by atoms with Crippen molar-refractivity contribution in [3.63, 3.8) is 0 Å². The van der Waals surface area contributed by atoms with Gasteiger partial charge < -0.3 is 4.90 Å². The summed E-state index contributed by atoms with van der Waals surface area (Å²) in [6.45, 7) is 4.60. The molecule has 2 aliphatic rings. The SMILES string of the molecule is CCCC1CC1C1CCN(c2ncccn2)CC1. The van der Waals surface area contributed by atoms with Gasteiger partial charge in [0.1, 0.15) is 0 Å². The number of hydrogen-bond donors (Lipinski definition) is 0. The number of nitrogens with zero attached hydrogens (tertiary/aromatic N) is 3. The third kappa shape index (κ3) is 2.50. The van der Waals surface area contributed by atoms with E-state index in [0.29, 0.717) is 0 Å². The van der Waals surface area contributed by atoms with E-state index >= 15 is 0 Å². The zero-order valence-electron chi connectivity index (χ0n) is 11.3.